The van der Waals surface area contributed by atoms with Crippen LogP contribution in [-0.4, -0.2) is 55.1 Å². The summed E-state index contributed by atoms with van der Waals surface area (Å²) in [5, 5.41) is 0. The molecule has 166 valence electrons. The van der Waals surface area contributed by atoms with Gasteiger partial charge in [-0.3, -0.25) is 0 Å². The maximum Gasteiger partial charge on any atom is 0.381 e. The molecule has 0 saturated heterocycles. The van der Waals surface area contributed by atoms with Crippen LogP contribution in [0.3, 0.4) is 0 Å². The summed E-state index contributed by atoms with van der Waals surface area (Å²) in [6.45, 7) is 2.74. The van der Waals surface area contributed by atoms with Gasteiger partial charge in [0.25, 0.3) is 0 Å². The molecular formula is C18H22F8N2O. The lowest BCUT2D eigenvalue weighted by Gasteiger charge is -2.35. The van der Waals surface area contributed by atoms with Gasteiger partial charge in [0.2, 0.25) is 0 Å². The highest BCUT2D eigenvalue weighted by molar-refractivity contribution is 5.64. The van der Waals surface area contributed by atoms with E-state index in [1.807, 2.05) is 6.92 Å². The number of hydrogen-bond donors (Lipinski definition) is 0. The van der Waals surface area contributed by atoms with Gasteiger partial charge >= 0.3 is 23.7 Å². The van der Waals surface area contributed by atoms with Crippen LogP contribution in [0.5, 0.6) is 5.75 Å². The molecule has 0 aromatic heterocycles. The van der Waals surface area contributed by atoms with Crippen molar-refractivity contribution in [3.8, 4) is 5.75 Å². The Bertz CT molecular complexity index is 744. The lowest BCUT2D eigenvalue weighted by molar-refractivity contribution is -0.365. The van der Waals surface area contributed by atoms with Gasteiger partial charge < -0.3 is 9.64 Å². The van der Waals surface area contributed by atoms with Crippen LogP contribution in [0.25, 0.3) is 0 Å². The first-order valence-electron chi connectivity index (χ1n) is 8.47. The molecule has 0 atom stereocenters. The number of aryl methyl sites for hydroxylation is 2. The summed E-state index contributed by atoms with van der Waals surface area (Å²) in [7, 11) is 1.76. The Morgan fingerprint density at radius 2 is 1.52 bits per heavy atom. The number of halogens is 8. The summed E-state index contributed by atoms with van der Waals surface area (Å²) in [4.78, 5) is 5.94. The molecule has 0 heterocycles. The van der Waals surface area contributed by atoms with Gasteiger partial charge in [-0.05, 0) is 44.0 Å². The van der Waals surface area contributed by atoms with Gasteiger partial charge in [0.1, 0.15) is 5.75 Å². The van der Waals surface area contributed by atoms with Crippen molar-refractivity contribution in [2.75, 3.05) is 20.2 Å². The van der Waals surface area contributed by atoms with E-state index in [9.17, 15) is 35.1 Å². The van der Waals surface area contributed by atoms with E-state index in [0.717, 1.165) is 0 Å². The number of aliphatic imine (C=N–C) groups is 1. The van der Waals surface area contributed by atoms with Crippen LogP contribution < -0.4 is 4.74 Å². The van der Waals surface area contributed by atoms with Crippen molar-refractivity contribution in [2.45, 2.75) is 51.4 Å². The van der Waals surface area contributed by atoms with Gasteiger partial charge in [-0.1, -0.05) is 0 Å². The Morgan fingerprint density at radius 3 is 2.00 bits per heavy atom. The lowest BCUT2D eigenvalue weighted by Crippen LogP contribution is -2.62. The molecule has 0 N–H and O–H groups in total. The maximum absolute atomic E-state index is 13.8. The molecule has 1 aromatic carbocycles. The normalized spacial score (nSPS) is 13.8. The van der Waals surface area contributed by atoms with E-state index in [2.05, 4.69) is 9.73 Å². The molecule has 0 radical (unpaired) electrons. The second-order valence-electron chi connectivity index (χ2n) is 6.75. The van der Waals surface area contributed by atoms with Crippen molar-refractivity contribution < 1.29 is 39.9 Å². The van der Waals surface area contributed by atoms with Crippen LogP contribution >= 0.6 is 0 Å². The minimum absolute atomic E-state index is 0.216. The SMILES string of the molecule is CCN(C)C=Nc1cc(C)c(OCC(F)(F)C(F)(F)C(F)(F)C(C)(F)F)cc1C. The molecule has 11 heteroatoms. The lowest BCUT2D eigenvalue weighted by atomic mass is 10.00. The monoisotopic (exact) mass is 434 g/mol. The summed E-state index contributed by atoms with van der Waals surface area (Å²) < 4.78 is 111. The fourth-order valence-electron chi connectivity index (χ4n) is 2.08. The molecule has 3 nitrogen and oxygen atoms in total. The average molecular weight is 434 g/mol. The van der Waals surface area contributed by atoms with E-state index in [-0.39, 0.29) is 11.3 Å². The fraction of sp³-hybridized carbons (Fsp3) is 0.611. The molecule has 0 aliphatic heterocycles. The molecular weight excluding hydrogens is 412 g/mol. The highest BCUT2D eigenvalue weighted by Gasteiger charge is 2.79. The van der Waals surface area contributed by atoms with E-state index in [1.165, 1.54) is 25.4 Å². The highest BCUT2D eigenvalue weighted by atomic mass is 19.4. The summed E-state index contributed by atoms with van der Waals surface area (Å²) in [5.74, 6) is -23.8. The van der Waals surface area contributed by atoms with Crippen LogP contribution in [0.2, 0.25) is 0 Å². The molecule has 0 fully saturated rings. The third-order valence-corrected chi connectivity index (χ3v) is 4.20. The highest BCUT2D eigenvalue weighted by Crippen LogP contribution is 2.52. The molecule has 0 unspecified atom stereocenters. The molecule has 0 spiro atoms. The van der Waals surface area contributed by atoms with E-state index >= 15 is 0 Å². The fourth-order valence-corrected chi connectivity index (χ4v) is 2.08. The Labute approximate surface area is 163 Å². The van der Waals surface area contributed by atoms with Crippen molar-refractivity contribution in [1.82, 2.24) is 4.90 Å². The predicted molar refractivity (Wildman–Crippen MR) is 93.3 cm³/mol. The van der Waals surface area contributed by atoms with Crippen molar-refractivity contribution in [3.05, 3.63) is 23.3 Å². The van der Waals surface area contributed by atoms with E-state index in [1.54, 1.807) is 18.9 Å². The van der Waals surface area contributed by atoms with Crippen LogP contribution in [0.15, 0.2) is 17.1 Å². The molecule has 0 bridgehead atoms. The number of nitrogens with zero attached hydrogens (tertiary/aromatic N) is 2. The topological polar surface area (TPSA) is 24.8 Å². The summed E-state index contributed by atoms with van der Waals surface area (Å²) in [6, 6.07) is 2.64. The molecule has 1 rings (SSSR count). The summed E-state index contributed by atoms with van der Waals surface area (Å²) in [6.07, 6.45) is 1.52. The van der Waals surface area contributed by atoms with Crippen LogP contribution in [0.1, 0.15) is 25.0 Å². The zero-order valence-electron chi connectivity index (χ0n) is 16.5. The van der Waals surface area contributed by atoms with Crippen LogP contribution in [0, 0.1) is 13.8 Å². The zero-order valence-corrected chi connectivity index (χ0v) is 16.5. The molecule has 0 aliphatic rings. The van der Waals surface area contributed by atoms with E-state index < -0.39 is 37.2 Å². The third kappa shape index (κ3) is 5.11. The molecule has 0 saturated carbocycles. The quantitative estimate of drug-likeness (QED) is 0.277. The second-order valence-corrected chi connectivity index (χ2v) is 6.75. The molecule has 0 aliphatic carbocycles. The Kier molecular flexibility index (Phi) is 7.19. The number of ether oxygens (including phenoxy) is 1. The van der Waals surface area contributed by atoms with Gasteiger partial charge in [-0.25, -0.2) is 4.99 Å². The second kappa shape index (κ2) is 8.35. The average Bonchev–Trinajstić information content (AvgIpc) is 2.59. The number of alkyl halides is 8. The third-order valence-electron chi connectivity index (χ3n) is 4.20. The van der Waals surface area contributed by atoms with Crippen molar-refractivity contribution in [3.63, 3.8) is 0 Å². The molecule has 29 heavy (non-hydrogen) atoms. The Hall–Kier alpha value is -2.07. The minimum atomic E-state index is -6.34. The van der Waals surface area contributed by atoms with E-state index in [0.29, 0.717) is 17.8 Å². The van der Waals surface area contributed by atoms with Crippen LogP contribution in [-0.2, 0) is 0 Å². The number of hydrogen-bond acceptors (Lipinski definition) is 2. The zero-order chi connectivity index (χ0) is 22.8. The van der Waals surface area contributed by atoms with Crippen LogP contribution in [0.4, 0.5) is 40.8 Å². The number of rotatable bonds is 9. The first-order chi connectivity index (χ1) is 13.0. The predicted octanol–water partition coefficient (Wildman–Crippen LogP) is 5.85. The Morgan fingerprint density at radius 1 is 0.966 bits per heavy atom. The summed E-state index contributed by atoms with van der Waals surface area (Å²) in [5.41, 5.74) is 1.10. The van der Waals surface area contributed by atoms with Gasteiger partial charge in [-0.15, -0.1) is 0 Å². The maximum atomic E-state index is 13.8. The van der Waals surface area contributed by atoms with Gasteiger partial charge in [0.05, 0.1) is 12.0 Å². The van der Waals surface area contributed by atoms with Gasteiger partial charge in [0, 0.05) is 20.5 Å². The van der Waals surface area contributed by atoms with Crippen molar-refractivity contribution in [2.24, 2.45) is 4.99 Å². The molecule has 0 amide bonds. The summed E-state index contributed by atoms with van der Waals surface area (Å²) >= 11 is 0. The molecule has 1 aromatic rings. The standard InChI is InChI=1S/C18H22F8N2O/c1-6-28(5)10-27-13-7-12(3)14(8-11(13)2)29-9-16(21,22)18(25,26)17(23,24)15(4,19)20/h7-8,10H,6,9H2,1-5H3. The minimum Gasteiger partial charge on any atom is -0.487 e. The Balaban J connectivity index is 3.08. The smallest absolute Gasteiger partial charge is 0.381 e. The largest absolute Gasteiger partial charge is 0.487 e. The van der Waals surface area contributed by atoms with Gasteiger partial charge in [0.15, 0.2) is 6.61 Å². The van der Waals surface area contributed by atoms with E-state index in [4.69, 9.17) is 0 Å². The first kappa shape index (κ1) is 25.0. The first-order valence-corrected chi connectivity index (χ1v) is 8.47. The van der Waals surface area contributed by atoms with Crippen molar-refractivity contribution in [1.29, 1.82) is 0 Å². The van der Waals surface area contributed by atoms with Gasteiger partial charge in [-0.2, -0.15) is 35.1 Å². The number of benzene rings is 1. The van der Waals surface area contributed by atoms with Crippen molar-refractivity contribution >= 4 is 12.0 Å².